The second kappa shape index (κ2) is 5.25. The molecule has 0 bridgehead atoms. The Morgan fingerprint density at radius 2 is 2.21 bits per heavy atom. The summed E-state index contributed by atoms with van der Waals surface area (Å²) in [5.74, 6) is -0.147. The number of anilines is 1. The largest absolute Gasteiger partial charge is 0.383 e. The lowest BCUT2D eigenvalue weighted by molar-refractivity contribution is 0.602. The van der Waals surface area contributed by atoms with Crippen LogP contribution in [-0.2, 0) is 0 Å². The van der Waals surface area contributed by atoms with Crippen molar-refractivity contribution in [2.75, 3.05) is 11.6 Å². The van der Waals surface area contributed by atoms with Gasteiger partial charge in [0.1, 0.15) is 5.82 Å². The minimum absolute atomic E-state index is 0.147. The minimum Gasteiger partial charge on any atom is -0.383 e. The molecule has 1 aromatic rings. The van der Waals surface area contributed by atoms with E-state index in [0.29, 0.717) is 10.9 Å². The van der Waals surface area contributed by atoms with Gasteiger partial charge < -0.3 is 5.32 Å². The number of benzene rings is 1. The number of hydrogen-bond donors (Lipinski definition) is 1. The molecule has 1 rings (SSSR count). The minimum atomic E-state index is -0.147. The molecule has 0 spiro atoms. The third-order valence-electron chi connectivity index (χ3n) is 2.18. The van der Waals surface area contributed by atoms with Crippen molar-refractivity contribution in [2.45, 2.75) is 31.2 Å². The van der Waals surface area contributed by atoms with Crippen LogP contribution in [0.3, 0.4) is 0 Å². The molecule has 1 N–H and O–H groups in total. The molecule has 0 saturated heterocycles. The first-order valence-corrected chi connectivity index (χ1v) is 6.00. The summed E-state index contributed by atoms with van der Waals surface area (Å²) in [5, 5.41) is 3.23. The van der Waals surface area contributed by atoms with Gasteiger partial charge in [0, 0.05) is 16.6 Å². The van der Waals surface area contributed by atoms with Crippen LogP contribution in [0.2, 0.25) is 0 Å². The van der Waals surface area contributed by atoms with Gasteiger partial charge >= 0.3 is 0 Å². The number of rotatable bonds is 4. The molecule has 1 atom stereocenters. The summed E-state index contributed by atoms with van der Waals surface area (Å²) >= 11 is 1.43. The van der Waals surface area contributed by atoms with Crippen LogP contribution in [0.4, 0.5) is 10.1 Å². The first kappa shape index (κ1) is 11.4. The van der Waals surface area contributed by atoms with E-state index in [0.717, 1.165) is 12.1 Å². The van der Waals surface area contributed by atoms with Crippen molar-refractivity contribution in [3.05, 3.63) is 24.0 Å². The maximum absolute atomic E-state index is 13.3. The molecule has 1 unspecified atom stereocenters. The number of halogens is 1. The Labute approximate surface area is 89.1 Å². The van der Waals surface area contributed by atoms with Crippen molar-refractivity contribution >= 4 is 17.4 Å². The first-order chi connectivity index (χ1) is 6.67. The Bertz CT molecular complexity index is 301. The molecule has 3 heteroatoms. The van der Waals surface area contributed by atoms with E-state index < -0.39 is 0 Å². The molecule has 0 heterocycles. The highest BCUT2D eigenvalue weighted by Crippen LogP contribution is 2.22. The highest BCUT2D eigenvalue weighted by molar-refractivity contribution is 7.98. The number of thioether (sulfide) groups is 1. The fourth-order valence-electron chi connectivity index (χ4n) is 1.14. The van der Waals surface area contributed by atoms with E-state index >= 15 is 0 Å². The molecule has 0 aromatic heterocycles. The van der Waals surface area contributed by atoms with Crippen molar-refractivity contribution in [1.82, 2.24) is 0 Å². The summed E-state index contributed by atoms with van der Waals surface area (Å²) in [6, 6.07) is 5.67. The van der Waals surface area contributed by atoms with E-state index in [2.05, 4.69) is 19.2 Å². The van der Waals surface area contributed by atoms with Gasteiger partial charge in [-0.25, -0.2) is 4.39 Å². The van der Waals surface area contributed by atoms with Crippen LogP contribution in [0.15, 0.2) is 23.1 Å². The topological polar surface area (TPSA) is 12.0 Å². The molecule has 0 fully saturated rings. The average Bonchev–Trinajstić information content (AvgIpc) is 2.18. The van der Waals surface area contributed by atoms with Gasteiger partial charge in [-0.1, -0.05) is 6.92 Å². The summed E-state index contributed by atoms with van der Waals surface area (Å²) in [6.07, 6.45) is 2.91. The Balaban J connectivity index is 2.76. The summed E-state index contributed by atoms with van der Waals surface area (Å²) < 4.78 is 13.3. The molecule has 78 valence electrons. The third-order valence-corrected chi connectivity index (χ3v) is 2.95. The van der Waals surface area contributed by atoms with Crippen LogP contribution in [0, 0.1) is 5.82 Å². The summed E-state index contributed by atoms with van der Waals surface area (Å²) in [5.41, 5.74) is 0.856. The second-order valence-electron chi connectivity index (χ2n) is 3.30. The molecule has 0 amide bonds. The van der Waals surface area contributed by atoms with Crippen molar-refractivity contribution in [3.8, 4) is 0 Å². The van der Waals surface area contributed by atoms with E-state index in [1.165, 1.54) is 11.8 Å². The van der Waals surface area contributed by atoms with Gasteiger partial charge in [0.2, 0.25) is 0 Å². The maximum atomic E-state index is 13.3. The van der Waals surface area contributed by atoms with Crippen LogP contribution in [0.5, 0.6) is 0 Å². The number of nitrogens with one attached hydrogen (secondary N) is 1. The lowest BCUT2D eigenvalue weighted by Gasteiger charge is -2.13. The van der Waals surface area contributed by atoms with Gasteiger partial charge in [0.05, 0.1) is 0 Å². The van der Waals surface area contributed by atoms with Crippen molar-refractivity contribution < 1.29 is 4.39 Å². The zero-order valence-corrected chi connectivity index (χ0v) is 9.62. The zero-order valence-electron chi connectivity index (χ0n) is 8.80. The molecule has 0 aliphatic rings. The van der Waals surface area contributed by atoms with E-state index in [4.69, 9.17) is 0 Å². The van der Waals surface area contributed by atoms with Crippen LogP contribution in [-0.4, -0.2) is 12.3 Å². The van der Waals surface area contributed by atoms with Crippen molar-refractivity contribution in [1.29, 1.82) is 0 Å². The smallest absolute Gasteiger partial charge is 0.138 e. The normalized spacial score (nSPS) is 12.6. The van der Waals surface area contributed by atoms with E-state index in [1.54, 1.807) is 6.07 Å². The molecule has 0 aliphatic heterocycles. The van der Waals surface area contributed by atoms with E-state index in [9.17, 15) is 4.39 Å². The van der Waals surface area contributed by atoms with Crippen molar-refractivity contribution in [3.63, 3.8) is 0 Å². The van der Waals surface area contributed by atoms with Crippen LogP contribution >= 0.6 is 11.8 Å². The first-order valence-electron chi connectivity index (χ1n) is 4.77. The summed E-state index contributed by atoms with van der Waals surface area (Å²) in [6.45, 7) is 4.19. The van der Waals surface area contributed by atoms with Gasteiger partial charge in [-0.2, -0.15) is 0 Å². The molecule has 0 aliphatic carbocycles. The van der Waals surface area contributed by atoms with Crippen LogP contribution in [0.1, 0.15) is 20.3 Å². The third kappa shape index (κ3) is 2.91. The second-order valence-corrected chi connectivity index (χ2v) is 4.15. The Kier molecular flexibility index (Phi) is 4.26. The Morgan fingerprint density at radius 3 is 2.71 bits per heavy atom. The lowest BCUT2D eigenvalue weighted by Crippen LogP contribution is -2.13. The fourth-order valence-corrected chi connectivity index (χ4v) is 1.60. The summed E-state index contributed by atoms with van der Waals surface area (Å²) in [4.78, 5) is 0.694. The zero-order chi connectivity index (χ0) is 10.6. The Hall–Kier alpha value is -0.700. The standard InChI is InChI=1S/C11H16FNS/c1-4-8(2)13-9-5-6-11(14-3)10(12)7-9/h5-8,13H,4H2,1-3H3. The van der Waals surface area contributed by atoms with Crippen LogP contribution in [0.25, 0.3) is 0 Å². The van der Waals surface area contributed by atoms with Gasteiger partial charge in [0.25, 0.3) is 0 Å². The predicted molar refractivity (Wildman–Crippen MR) is 61.6 cm³/mol. The van der Waals surface area contributed by atoms with Gasteiger partial charge in [0.15, 0.2) is 0 Å². The Morgan fingerprint density at radius 1 is 1.50 bits per heavy atom. The average molecular weight is 213 g/mol. The molecular formula is C11H16FNS. The molecule has 1 nitrogen and oxygen atoms in total. The van der Waals surface area contributed by atoms with Crippen molar-refractivity contribution in [2.24, 2.45) is 0 Å². The van der Waals surface area contributed by atoms with E-state index in [-0.39, 0.29) is 5.82 Å². The monoisotopic (exact) mass is 213 g/mol. The van der Waals surface area contributed by atoms with E-state index in [1.807, 2.05) is 18.4 Å². The summed E-state index contributed by atoms with van der Waals surface area (Å²) in [7, 11) is 0. The highest BCUT2D eigenvalue weighted by atomic mass is 32.2. The highest BCUT2D eigenvalue weighted by Gasteiger charge is 2.03. The molecule has 14 heavy (non-hydrogen) atoms. The fraction of sp³-hybridized carbons (Fsp3) is 0.455. The van der Waals surface area contributed by atoms with Gasteiger partial charge in [-0.3, -0.25) is 0 Å². The quantitative estimate of drug-likeness (QED) is 0.764. The maximum Gasteiger partial charge on any atom is 0.138 e. The predicted octanol–water partition coefficient (Wildman–Crippen LogP) is 3.76. The SMILES string of the molecule is CCC(C)Nc1ccc(SC)c(F)c1. The van der Waals surface area contributed by atoms with Gasteiger partial charge in [-0.05, 0) is 37.8 Å². The van der Waals surface area contributed by atoms with Gasteiger partial charge in [-0.15, -0.1) is 11.8 Å². The molecule has 0 saturated carbocycles. The molecule has 0 radical (unpaired) electrons. The molecule has 1 aromatic carbocycles. The number of hydrogen-bond acceptors (Lipinski definition) is 2. The van der Waals surface area contributed by atoms with Crippen LogP contribution < -0.4 is 5.32 Å². The molecular weight excluding hydrogens is 197 g/mol. The lowest BCUT2D eigenvalue weighted by atomic mass is 10.2.